The monoisotopic (exact) mass is 640 g/mol. The van der Waals surface area contributed by atoms with Gasteiger partial charge in [0.2, 0.25) is 11.7 Å². The molecule has 2 aliphatic rings. The van der Waals surface area contributed by atoms with Crippen molar-refractivity contribution in [3.8, 4) is 22.6 Å². The molecule has 1 fully saturated rings. The molecule has 46 heavy (non-hydrogen) atoms. The fraction of sp³-hybridized carbons (Fsp3) is 0.314. The number of piperazine rings is 1. The number of aryl methyl sites for hydroxylation is 2. The number of rotatable bonds is 4. The highest BCUT2D eigenvalue weighted by Crippen LogP contribution is 2.47. The Kier molecular flexibility index (Phi) is 7.15. The minimum Gasteiger partial charge on any atom is -0.484 e. The van der Waals surface area contributed by atoms with Crippen LogP contribution in [0, 0.1) is 19.7 Å². The van der Waals surface area contributed by atoms with E-state index in [9.17, 15) is 9.59 Å². The largest absolute Gasteiger partial charge is 0.484 e. The summed E-state index contributed by atoms with van der Waals surface area (Å²) in [6.45, 7) is 14.4. The van der Waals surface area contributed by atoms with Crippen molar-refractivity contribution >= 4 is 45.0 Å². The van der Waals surface area contributed by atoms with Crippen molar-refractivity contribution < 1.29 is 13.9 Å². The summed E-state index contributed by atoms with van der Waals surface area (Å²) in [4.78, 5) is 35.9. The number of hydrogen-bond acceptors (Lipinski definition) is 6. The molecule has 1 saturated heterocycles. The van der Waals surface area contributed by atoms with Gasteiger partial charge in [0.1, 0.15) is 12.4 Å². The van der Waals surface area contributed by atoms with E-state index in [2.05, 4.69) is 26.7 Å². The van der Waals surface area contributed by atoms with Crippen LogP contribution in [0.15, 0.2) is 54.1 Å². The van der Waals surface area contributed by atoms with Crippen LogP contribution >= 0.6 is 11.6 Å². The van der Waals surface area contributed by atoms with Crippen molar-refractivity contribution in [1.82, 2.24) is 24.6 Å². The topological polar surface area (TPSA) is 96.3 Å². The number of anilines is 1. The molecule has 5 aromatic rings. The van der Waals surface area contributed by atoms with Gasteiger partial charge in [0.25, 0.3) is 5.56 Å². The zero-order valence-electron chi connectivity index (χ0n) is 26.3. The van der Waals surface area contributed by atoms with E-state index >= 15 is 4.39 Å². The highest BCUT2D eigenvalue weighted by Gasteiger charge is 2.41. The average Bonchev–Trinajstić information content (AvgIpc) is 3.51. The van der Waals surface area contributed by atoms with Crippen LogP contribution in [-0.2, 0) is 4.79 Å². The van der Waals surface area contributed by atoms with Gasteiger partial charge in [0.15, 0.2) is 0 Å². The molecule has 5 heterocycles. The number of fused-ring (bicyclic) bond motifs is 6. The van der Waals surface area contributed by atoms with Gasteiger partial charge in [-0.05, 0) is 62.1 Å². The molecule has 0 bridgehead atoms. The predicted octanol–water partition coefficient (Wildman–Crippen LogP) is 6.45. The lowest BCUT2D eigenvalue weighted by Crippen LogP contribution is -2.62. The molecular weight excluding hydrogens is 607 g/mol. The standard InChI is InChI=1S/C35H34ClFN6O3/c1-7-26(44)41-15-21-16-46-34-33(42(21)14-20(41)6)22-12-24(37)28(27-18(4)8-9-25-23(27)13-39-40-25)29(36)32(22)43(35(34)45)31-19(5)10-11-38-30(31)17(2)3/h7-13,17,20-21H,1,14-16H2,2-6H3,(H,39,40). The number of carbonyl (C=O) groups excluding carboxylic acids is 1. The molecule has 0 saturated carbocycles. The number of nitrogens with one attached hydrogen (secondary N) is 1. The number of nitrogens with zero attached hydrogens (tertiary/aromatic N) is 5. The first-order valence-corrected chi connectivity index (χ1v) is 15.7. The second-order valence-corrected chi connectivity index (χ2v) is 12.9. The maximum Gasteiger partial charge on any atom is 0.300 e. The SMILES string of the molecule is C=CC(=O)N1CC2COc3c(c4cc(F)c(-c5c(C)ccc6[nH]ncc56)c(Cl)c4n(-c4c(C)ccnc4C(C)C)c3=O)N2CC1C. The minimum atomic E-state index is -0.538. The average molecular weight is 641 g/mol. The number of ether oxygens (including phenoxy) is 1. The third-order valence-corrected chi connectivity index (χ3v) is 9.66. The van der Waals surface area contributed by atoms with Gasteiger partial charge >= 0.3 is 0 Å². The number of carbonyl (C=O) groups is 1. The lowest BCUT2D eigenvalue weighted by molar-refractivity contribution is -0.129. The van der Waals surface area contributed by atoms with Crippen LogP contribution in [0.25, 0.3) is 38.6 Å². The molecule has 2 atom stereocenters. The maximum atomic E-state index is 16.7. The fourth-order valence-electron chi connectivity index (χ4n) is 7.09. The molecule has 3 aromatic heterocycles. The van der Waals surface area contributed by atoms with Crippen molar-refractivity contribution in [3.05, 3.63) is 87.3 Å². The molecule has 9 nitrogen and oxygen atoms in total. The smallest absolute Gasteiger partial charge is 0.300 e. The second kappa shape index (κ2) is 11.0. The highest BCUT2D eigenvalue weighted by atomic mass is 35.5. The Morgan fingerprint density at radius 1 is 1.15 bits per heavy atom. The number of aromatic nitrogens is 4. The third-order valence-electron chi connectivity index (χ3n) is 9.30. The molecular formula is C35H34ClFN6O3. The quantitative estimate of drug-likeness (QED) is 0.227. The number of H-pyrrole nitrogens is 1. The van der Waals surface area contributed by atoms with Gasteiger partial charge in [0.05, 0.1) is 45.4 Å². The summed E-state index contributed by atoms with van der Waals surface area (Å²) in [5.41, 5.74) is 4.86. The Balaban J connectivity index is 1.61. The molecule has 0 spiro atoms. The number of amides is 1. The summed E-state index contributed by atoms with van der Waals surface area (Å²) in [7, 11) is 0. The van der Waals surface area contributed by atoms with Gasteiger partial charge in [-0.2, -0.15) is 5.10 Å². The second-order valence-electron chi connectivity index (χ2n) is 12.5. The van der Waals surface area contributed by atoms with Gasteiger partial charge in [0, 0.05) is 47.2 Å². The molecule has 0 aliphatic carbocycles. The Bertz CT molecular complexity index is 2150. The van der Waals surface area contributed by atoms with E-state index in [0.717, 1.165) is 16.6 Å². The van der Waals surface area contributed by atoms with Crippen LogP contribution in [-0.4, -0.2) is 62.3 Å². The van der Waals surface area contributed by atoms with Crippen molar-refractivity contribution in [1.29, 1.82) is 0 Å². The first-order chi connectivity index (χ1) is 22.0. The lowest BCUT2D eigenvalue weighted by atomic mass is 9.93. The van der Waals surface area contributed by atoms with Crippen LogP contribution in [0.3, 0.4) is 0 Å². The van der Waals surface area contributed by atoms with E-state index < -0.39 is 11.4 Å². The van der Waals surface area contributed by atoms with Crippen molar-refractivity contribution in [2.45, 2.75) is 52.6 Å². The number of halogens is 2. The van der Waals surface area contributed by atoms with E-state index in [-0.39, 0.29) is 46.9 Å². The Morgan fingerprint density at radius 3 is 2.67 bits per heavy atom. The van der Waals surface area contributed by atoms with Gasteiger partial charge in [-0.25, -0.2) is 4.39 Å². The molecule has 11 heteroatoms. The van der Waals surface area contributed by atoms with Gasteiger partial charge < -0.3 is 14.5 Å². The summed E-state index contributed by atoms with van der Waals surface area (Å²) in [5.74, 6) is -0.623. The van der Waals surface area contributed by atoms with Crippen LogP contribution in [0.4, 0.5) is 10.1 Å². The zero-order valence-corrected chi connectivity index (χ0v) is 27.1. The van der Waals surface area contributed by atoms with E-state index in [1.807, 2.05) is 52.8 Å². The normalized spacial score (nSPS) is 17.7. The number of pyridine rings is 2. The van der Waals surface area contributed by atoms with Crippen LogP contribution < -0.4 is 15.2 Å². The van der Waals surface area contributed by atoms with E-state index in [0.29, 0.717) is 52.0 Å². The molecule has 1 N–H and O–H groups in total. The first kappa shape index (κ1) is 30.0. The Morgan fingerprint density at radius 2 is 1.93 bits per heavy atom. The van der Waals surface area contributed by atoms with Gasteiger partial charge in [-0.15, -0.1) is 0 Å². The van der Waals surface area contributed by atoms with Gasteiger partial charge in [-0.1, -0.05) is 38.1 Å². The third kappa shape index (κ3) is 4.34. The molecule has 2 aromatic carbocycles. The van der Waals surface area contributed by atoms with Crippen LogP contribution in [0.1, 0.15) is 43.5 Å². The fourth-order valence-corrected chi connectivity index (χ4v) is 7.46. The molecule has 236 valence electrons. The summed E-state index contributed by atoms with van der Waals surface area (Å²) in [5, 5.41) is 8.41. The molecule has 1 amide bonds. The van der Waals surface area contributed by atoms with Crippen LogP contribution in [0.5, 0.6) is 5.75 Å². The molecule has 2 aliphatic heterocycles. The van der Waals surface area contributed by atoms with Crippen molar-refractivity contribution in [3.63, 3.8) is 0 Å². The minimum absolute atomic E-state index is 0.0323. The predicted molar refractivity (Wildman–Crippen MR) is 179 cm³/mol. The van der Waals surface area contributed by atoms with Crippen molar-refractivity contribution in [2.24, 2.45) is 0 Å². The van der Waals surface area contributed by atoms with Gasteiger partial charge in [-0.3, -0.25) is 24.2 Å². The molecule has 7 rings (SSSR count). The summed E-state index contributed by atoms with van der Waals surface area (Å²) < 4.78 is 24.6. The van der Waals surface area contributed by atoms with Crippen LogP contribution in [0.2, 0.25) is 5.02 Å². The number of benzene rings is 2. The maximum absolute atomic E-state index is 16.7. The Hall–Kier alpha value is -4.70. The molecule has 0 radical (unpaired) electrons. The van der Waals surface area contributed by atoms with Crippen molar-refractivity contribution in [2.75, 3.05) is 24.6 Å². The Labute approximate surface area is 270 Å². The lowest BCUT2D eigenvalue weighted by Gasteiger charge is -2.48. The highest BCUT2D eigenvalue weighted by molar-refractivity contribution is 6.39. The molecule has 2 unspecified atom stereocenters. The summed E-state index contributed by atoms with van der Waals surface area (Å²) >= 11 is 7.39. The van der Waals surface area contributed by atoms with E-state index in [4.69, 9.17) is 16.3 Å². The first-order valence-electron chi connectivity index (χ1n) is 15.4. The summed E-state index contributed by atoms with van der Waals surface area (Å²) in [6.07, 6.45) is 4.69. The number of aromatic amines is 1. The number of hydrogen-bond donors (Lipinski definition) is 1. The van der Waals surface area contributed by atoms with E-state index in [1.54, 1.807) is 21.9 Å². The van der Waals surface area contributed by atoms with E-state index in [1.165, 1.54) is 12.1 Å². The zero-order chi connectivity index (χ0) is 32.6. The summed E-state index contributed by atoms with van der Waals surface area (Å²) in [6, 6.07) is 6.63.